The third-order valence-corrected chi connectivity index (χ3v) is 15.9. The SMILES string of the molecule is CC(C)(C)c1ccc2c(c1)B1c3cc(C(C)(C)C)ccc3N(c3ccc(C(C)(C)C)cc3-c3ccccc3)c3cc(C(C)(C)C)cc(c31)N2c1ccc(-c2cccc3c2sc2ccccc23)cc1. The van der Waals surface area contributed by atoms with Crippen LogP contribution in [0.4, 0.5) is 34.1 Å². The third kappa shape index (κ3) is 7.30. The summed E-state index contributed by atoms with van der Waals surface area (Å²) in [5.74, 6) is 0. The number of fused-ring (bicyclic) bond motifs is 7. The van der Waals surface area contributed by atoms with Crippen molar-refractivity contribution in [3.63, 3.8) is 0 Å². The predicted octanol–water partition coefficient (Wildman–Crippen LogP) is 16.7. The van der Waals surface area contributed by atoms with E-state index in [4.69, 9.17) is 0 Å². The van der Waals surface area contributed by atoms with Crippen molar-refractivity contribution >= 4 is 88.7 Å². The fourth-order valence-electron chi connectivity index (χ4n) is 10.7. The number of hydrogen-bond acceptors (Lipinski definition) is 3. The van der Waals surface area contributed by atoms with E-state index < -0.39 is 0 Å². The second-order valence-corrected chi connectivity index (χ2v) is 24.6. The maximum absolute atomic E-state index is 2.63. The number of anilines is 6. The molecule has 0 spiro atoms. The molecule has 0 N–H and O–H groups in total. The number of nitrogens with zero attached hydrogens (tertiary/aromatic N) is 2. The molecule has 11 rings (SSSR count). The van der Waals surface area contributed by atoms with Crippen molar-refractivity contribution in [1.82, 2.24) is 0 Å². The van der Waals surface area contributed by atoms with Crippen LogP contribution in [0.2, 0.25) is 0 Å². The molecule has 0 saturated heterocycles. The molecule has 0 bridgehead atoms. The van der Waals surface area contributed by atoms with Crippen LogP contribution in [-0.2, 0) is 21.7 Å². The molecule has 0 atom stereocenters. The van der Waals surface area contributed by atoms with Crippen LogP contribution in [0, 0.1) is 0 Å². The largest absolute Gasteiger partial charge is 0.311 e. The summed E-state index contributed by atoms with van der Waals surface area (Å²) in [6.07, 6.45) is 0. The van der Waals surface area contributed by atoms with Gasteiger partial charge >= 0.3 is 0 Å². The van der Waals surface area contributed by atoms with Crippen LogP contribution in [-0.4, -0.2) is 6.71 Å². The van der Waals surface area contributed by atoms with Gasteiger partial charge in [-0.05, 0) is 132 Å². The van der Waals surface area contributed by atoms with Gasteiger partial charge in [0, 0.05) is 54.2 Å². The minimum atomic E-state index is -0.129. The molecule has 0 saturated carbocycles. The number of thiophene rings is 1. The van der Waals surface area contributed by atoms with Gasteiger partial charge in [0.25, 0.3) is 6.71 Å². The van der Waals surface area contributed by atoms with Crippen molar-refractivity contribution in [2.75, 3.05) is 9.80 Å². The fourth-order valence-corrected chi connectivity index (χ4v) is 12.0. The number of hydrogen-bond donors (Lipinski definition) is 0. The highest BCUT2D eigenvalue weighted by Gasteiger charge is 2.45. The van der Waals surface area contributed by atoms with Gasteiger partial charge in [-0.2, -0.15) is 0 Å². The van der Waals surface area contributed by atoms with Crippen molar-refractivity contribution in [2.45, 2.75) is 105 Å². The molecule has 3 heterocycles. The summed E-state index contributed by atoms with van der Waals surface area (Å²) < 4.78 is 2.67. The van der Waals surface area contributed by atoms with Gasteiger partial charge in [-0.25, -0.2) is 0 Å². The molecule has 2 nitrogen and oxygen atoms in total. The Morgan fingerprint density at radius 3 is 1.47 bits per heavy atom. The summed E-state index contributed by atoms with van der Waals surface area (Å²) in [7, 11) is 0. The fraction of sp³-hybridized carbons (Fsp3) is 0.250. The van der Waals surface area contributed by atoms with Crippen LogP contribution in [0.3, 0.4) is 0 Å². The molecule has 2 aliphatic heterocycles. The highest BCUT2D eigenvalue weighted by Crippen LogP contribution is 2.50. The Morgan fingerprint density at radius 1 is 0.368 bits per heavy atom. The minimum Gasteiger partial charge on any atom is -0.311 e. The zero-order valence-electron chi connectivity index (χ0n) is 42.0. The zero-order chi connectivity index (χ0) is 47.7. The predicted molar refractivity (Wildman–Crippen MR) is 299 cm³/mol. The molecule has 338 valence electrons. The Morgan fingerprint density at radius 2 is 0.868 bits per heavy atom. The molecule has 68 heavy (non-hydrogen) atoms. The number of benzene rings is 8. The van der Waals surface area contributed by atoms with Gasteiger partial charge in [0.15, 0.2) is 0 Å². The van der Waals surface area contributed by atoms with Gasteiger partial charge in [-0.15, -0.1) is 11.3 Å². The van der Waals surface area contributed by atoms with E-state index in [1.54, 1.807) is 0 Å². The van der Waals surface area contributed by atoms with Gasteiger partial charge in [-0.3, -0.25) is 0 Å². The monoisotopic (exact) mass is 902 g/mol. The van der Waals surface area contributed by atoms with Gasteiger partial charge in [0.1, 0.15) is 0 Å². The van der Waals surface area contributed by atoms with E-state index in [-0.39, 0.29) is 28.4 Å². The second kappa shape index (κ2) is 15.6. The Balaban J connectivity index is 1.21. The van der Waals surface area contributed by atoms with Crippen molar-refractivity contribution < 1.29 is 0 Å². The average Bonchev–Trinajstić information content (AvgIpc) is 3.69. The molecule has 9 aromatic rings. The lowest BCUT2D eigenvalue weighted by atomic mass is 9.33. The van der Waals surface area contributed by atoms with Crippen molar-refractivity contribution in [3.05, 3.63) is 186 Å². The van der Waals surface area contributed by atoms with Crippen molar-refractivity contribution in [2.24, 2.45) is 0 Å². The van der Waals surface area contributed by atoms with Gasteiger partial charge in [0.05, 0.1) is 5.69 Å². The van der Waals surface area contributed by atoms with Crippen LogP contribution in [0.15, 0.2) is 164 Å². The molecule has 0 radical (unpaired) electrons. The van der Waals surface area contributed by atoms with Crippen molar-refractivity contribution in [1.29, 1.82) is 0 Å². The normalized spacial score (nSPS) is 13.8. The van der Waals surface area contributed by atoms with Crippen molar-refractivity contribution in [3.8, 4) is 22.3 Å². The summed E-state index contributed by atoms with van der Waals surface area (Å²) in [4.78, 5) is 5.22. The van der Waals surface area contributed by atoms with Gasteiger partial charge in [-0.1, -0.05) is 192 Å². The average molecular weight is 903 g/mol. The van der Waals surface area contributed by atoms with Gasteiger partial charge in [0.2, 0.25) is 0 Å². The topological polar surface area (TPSA) is 6.48 Å². The molecular weight excluding hydrogens is 840 g/mol. The lowest BCUT2D eigenvalue weighted by Gasteiger charge is -2.46. The number of rotatable bonds is 4. The van der Waals surface area contributed by atoms with Crippen LogP contribution < -0.4 is 26.2 Å². The van der Waals surface area contributed by atoms with E-state index in [2.05, 4.69) is 257 Å². The van der Waals surface area contributed by atoms with E-state index in [1.807, 2.05) is 11.3 Å². The summed E-state index contributed by atoms with van der Waals surface area (Å²) in [6, 6.07) is 63.1. The molecule has 4 heteroatoms. The Bertz CT molecular complexity index is 3440. The highest BCUT2D eigenvalue weighted by molar-refractivity contribution is 7.26. The van der Waals surface area contributed by atoms with Crippen LogP contribution in [0.5, 0.6) is 0 Å². The van der Waals surface area contributed by atoms with Gasteiger partial charge < -0.3 is 9.80 Å². The van der Waals surface area contributed by atoms with E-state index in [0.717, 1.165) is 5.69 Å². The van der Waals surface area contributed by atoms with E-state index in [9.17, 15) is 0 Å². The van der Waals surface area contributed by atoms with E-state index in [0.29, 0.717) is 0 Å². The lowest BCUT2D eigenvalue weighted by Crippen LogP contribution is -2.62. The second-order valence-electron chi connectivity index (χ2n) is 23.5. The zero-order valence-corrected chi connectivity index (χ0v) is 42.8. The summed E-state index contributed by atoms with van der Waals surface area (Å²) in [5.41, 5.74) is 21.5. The molecule has 0 fully saturated rings. The smallest absolute Gasteiger partial charge is 0.252 e. The van der Waals surface area contributed by atoms with Crippen LogP contribution >= 0.6 is 11.3 Å². The quantitative estimate of drug-likeness (QED) is 0.162. The van der Waals surface area contributed by atoms with Crippen LogP contribution in [0.1, 0.15) is 105 Å². The Hall–Kier alpha value is -6.36. The maximum atomic E-state index is 2.63. The molecule has 0 unspecified atom stereocenters. The molecule has 0 amide bonds. The first-order valence-corrected chi connectivity index (χ1v) is 25.4. The lowest BCUT2D eigenvalue weighted by molar-refractivity contribution is 0.589. The molecule has 8 aromatic carbocycles. The molecule has 1 aromatic heterocycles. The minimum absolute atomic E-state index is 0.00924. The first kappa shape index (κ1) is 44.2. The van der Waals surface area contributed by atoms with E-state index in [1.165, 1.54) is 110 Å². The maximum Gasteiger partial charge on any atom is 0.252 e. The molecular formula is C64H63BN2S. The van der Waals surface area contributed by atoms with E-state index >= 15 is 0 Å². The summed E-state index contributed by atoms with van der Waals surface area (Å²) in [6.45, 7) is 28.2. The molecule has 0 aliphatic carbocycles. The Labute approximate surface area is 409 Å². The third-order valence-electron chi connectivity index (χ3n) is 14.7. The first-order valence-electron chi connectivity index (χ1n) is 24.5. The highest BCUT2D eigenvalue weighted by atomic mass is 32.1. The molecule has 2 aliphatic rings. The Kier molecular flexibility index (Phi) is 10.1. The summed E-state index contributed by atoms with van der Waals surface area (Å²) >= 11 is 1.90. The van der Waals surface area contributed by atoms with Crippen LogP contribution in [0.25, 0.3) is 42.4 Å². The standard InChI is InChI=1S/C64H63BN2S/c1-61(2,3)42-27-32-53(50(35-42)40-19-14-13-15-20-40)67-55-34-29-44(63(7,8)9)37-52(55)65-51-36-43(62(4,5)6)28-33-54(51)66(56-38-45(64(10,11)12)39-57(67)59(56)65)46-30-25-41(26-31-46)47-22-18-23-49-48-21-16-17-24-58(48)68-60(47)49/h13-39H,1-12H3. The first-order chi connectivity index (χ1) is 32.3. The summed E-state index contributed by atoms with van der Waals surface area (Å²) in [5, 5.41) is 2.65.